The van der Waals surface area contributed by atoms with E-state index in [9.17, 15) is 4.79 Å². The predicted octanol–water partition coefficient (Wildman–Crippen LogP) is 3.92. The molecular formula is C18H27NO2. The minimum atomic E-state index is -0.277. The maximum atomic E-state index is 11.4. The lowest BCUT2D eigenvalue weighted by molar-refractivity contribution is 0.0600. The molecule has 116 valence electrons. The molecule has 1 aromatic rings. The zero-order chi connectivity index (χ0) is 15.1. The van der Waals surface area contributed by atoms with E-state index < -0.39 is 0 Å². The van der Waals surface area contributed by atoms with E-state index in [0.29, 0.717) is 11.6 Å². The van der Waals surface area contributed by atoms with Crippen LogP contribution in [0.5, 0.6) is 0 Å². The van der Waals surface area contributed by atoms with Crippen LogP contribution in [0.15, 0.2) is 24.3 Å². The first-order chi connectivity index (χ1) is 10.2. The Bertz CT molecular complexity index is 433. The van der Waals surface area contributed by atoms with Crippen molar-refractivity contribution in [3.63, 3.8) is 0 Å². The van der Waals surface area contributed by atoms with Crippen LogP contribution in [-0.4, -0.2) is 19.1 Å². The average molecular weight is 289 g/mol. The third-order valence-electron chi connectivity index (χ3n) is 4.61. The highest BCUT2D eigenvalue weighted by atomic mass is 16.5. The molecule has 0 spiro atoms. The van der Waals surface area contributed by atoms with E-state index in [-0.39, 0.29) is 5.97 Å². The molecule has 0 heterocycles. The van der Waals surface area contributed by atoms with Crippen molar-refractivity contribution in [2.75, 3.05) is 7.11 Å². The van der Waals surface area contributed by atoms with Gasteiger partial charge in [-0.3, -0.25) is 0 Å². The van der Waals surface area contributed by atoms with Crippen LogP contribution in [0.25, 0.3) is 0 Å². The molecule has 1 aliphatic rings. The molecule has 0 unspecified atom stereocenters. The van der Waals surface area contributed by atoms with Crippen LogP contribution in [-0.2, 0) is 11.3 Å². The van der Waals surface area contributed by atoms with Crippen molar-refractivity contribution in [3.8, 4) is 0 Å². The second kappa shape index (κ2) is 8.18. The van der Waals surface area contributed by atoms with Gasteiger partial charge in [-0.1, -0.05) is 37.8 Å². The smallest absolute Gasteiger partial charge is 0.337 e. The molecule has 1 N–H and O–H groups in total. The summed E-state index contributed by atoms with van der Waals surface area (Å²) in [5.74, 6) is 0.531. The fourth-order valence-corrected chi connectivity index (χ4v) is 3.13. The van der Waals surface area contributed by atoms with E-state index in [1.165, 1.54) is 51.2 Å². The number of benzene rings is 1. The molecule has 0 radical (unpaired) electrons. The number of hydrogen-bond donors (Lipinski definition) is 1. The topological polar surface area (TPSA) is 38.3 Å². The van der Waals surface area contributed by atoms with Crippen molar-refractivity contribution in [1.82, 2.24) is 5.32 Å². The Balaban J connectivity index is 1.82. The fourth-order valence-electron chi connectivity index (χ4n) is 3.13. The molecule has 0 bridgehead atoms. The maximum absolute atomic E-state index is 11.4. The molecule has 1 atom stereocenters. The Morgan fingerprint density at radius 2 is 1.81 bits per heavy atom. The highest BCUT2D eigenvalue weighted by Gasteiger charge is 2.18. The van der Waals surface area contributed by atoms with Gasteiger partial charge in [-0.05, 0) is 43.4 Å². The summed E-state index contributed by atoms with van der Waals surface area (Å²) >= 11 is 0. The zero-order valence-electron chi connectivity index (χ0n) is 13.2. The summed E-state index contributed by atoms with van der Waals surface area (Å²) in [5, 5.41) is 3.64. The Labute approximate surface area is 128 Å². The lowest BCUT2D eigenvalue weighted by Crippen LogP contribution is -2.32. The van der Waals surface area contributed by atoms with E-state index in [0.717, 1.165) is 12.5 Å². The molecule has 1 aliphatic carbocycles. The molecule has 1 aromatic carbocycles. The first-order valence-corrected chi connectivity index (χ1v) is 8.11. The molecule has 1 fully saturated rings. The zero-order valence-corrected chi connectivity index (χ0v) is 13.2. The van der Waals surface area contributed by atoms with Gasteiger partial charge < -0.3 is 10.1 Å². The SMILES string of the molecule is COC(=O)c1ccc(CN[C@@H](C)C2CCCCCC2)cc1. The van der Waals surface area contributed by atoms with E-state index in [1.54, 1.807) is 0 Å². The summed E-state index contributed by atoms with van der Waals surface area (Å²) in [7, 11) is 1.41. The van der Waals surface area contributed by atoms with Crippen molar-refractivity contribution in [3.05, 3.63) is 35.4 Å². The second-order valence-electron chi connectivity index (χ2n) is 6.11. The Kier molecular flexibility index (Phi) is 6.24. The van der Waals surface area contributed by atoms with Gasteiger partial charge in [-0.2, -0.15) is 0 Å². The van der Waals surface area contributed by atoms with Crippen molar-refractivity contribution in [2.24, 2.45) is 5.92 Å². The molecule has 0 amide bonds. The van der Waals surface area contributed by atoms with Crippen LogP contribution in [0.2, 0.25) is 0 Å². The van der Waals surface area contributed by atoms with Gasteiger partial charge in [0.1, 0.15) is 0 Å². The van der Waals surface area contributed by atoms with E-state index in [1.807, 2.05) is 24.3 Å². The standard InChI is InChI=1S/C18H27NO2/c1-14(16-7-5-3-4-6-8-16)19-13-15-9-11-17(12-10-15)18(20)21-2/h9-12,14,16,19H,3-8,13H2,1-2H3/t14-/m0/s1. The normalized spacial score (nSPS) is 18.0. The van der Waals surface area contributed by atoms with Gasteiger partial charge in [0.15, 0.2) is 0 Å². The summed E-state index contributed by atoms with van der Waals surface area (Å²) in [6, 6.07) is 8.22. The molecular weight excluding hydrogens is 262 g/mol. The van der Waals surface area contributed by atoms with Gasteiger partial charge in [0.2, 0.25) is 0 Å². The highest BCUT2D eigenvalue weighted by Crippen LogP contribution is 2.25. The van der Waals surface area contributed by atoms with E-state index >= 15 is 0 Å². The number of rotatable bonds is 5. The third-order valence-corrected chi connectivity index (χ3v) is 4.61. The monoisotopic (exact) mass is 289 g/mol. The van der Waals surface area contributed by atoms with Crippen LogP contribution in [0.3, 0.4) is 0 Å². The molecule has 0 aromatic heterocycles. The Hall–Kier alpha value is -1.35. The highest BCUT2D eigenvalue weighted by molar-refractivity contribution is 5.89. The quantitative estimate of drug-likeness (QED) is 0.659. The molecule has 1 saturated carbocycles. The van der Waals surface area contributed by atoms with Crippen LogP contribution >= 0.6 is 0 Å². The van der Waals surface area contributed by atoms with E-state index in [2.05, 4.69) is 12.2 Å². The van der Waals surface area contributed by atoms with Gasteiger partial charge in [-0.15, -0.1) is 0 Å². The summed E-state index contributed by atoms with van der Waals surface area (Å²) < 4.78 is 4.71. The maximum Gasteiger partial charge on any atom is 0.337 e. The van der Waals surface area contributed by atoms with Crippen molar-refractivity contribution >= 4 is 5.97 Å². The van der Waals surface area contributed by atoms with Crippen LogP contribution in [0.1, 0.15) is 61.4 Å². The molecule has 0 saturated heterocycles. The minimum absolute atomic E-state index is 0.277. The molecule has 2 rings (SSSR count). The lowest BCUT2D eigenvalue weighted by atomic mass is 9.93. The van der Waals surface area contributed by atoms with Gasteiger partial charge in [0, 0.05) is 12.6 Å². The number of carbonyl (C=O) groups is 1. The molecule has 0 aliphatic heterocycles. The van der Waals surface area contributed by atoms with Crippen LogP contribution in [0.4, 0.5) is 0 Å². The first kappa shape index (κ1) is 16.0. The van der Waals surface area contributed by atoms with Crippen LogP contribution in [0, 0.1) is 5.92 Å². The van der Waals surface area contributed by atoms with Crippen molar-refractivity contribution < 1.29 is 9.53 Å². The lowest BCUT2D eigenvalue weighted by Gasteiger charge is -2.23. The number of carbonyl (C=O) groups excluding carboxylic acids is 1. The van der Waals surface area contributed by atoms with Gasteiger partial charge in [0.05, 0.1) is 12.7 Å². The fraction of sp³-hybridized carbons (Fsp3) is 0.611. The average Bonchev–Trinajstić information content (AvgIpc) is 2.81. The predicted molar refractivity (Wildman–Crippen MR) is 85.3 cm³/mol. The first-order valence-electron chi connectivity index (χ1n) is 8.11. The summed E-state index contributed by atoms with van der Waals surface area (Å²) in [5.41, 5.74) is 1.82. The Morgan fingerprint density at radius 1 is 1.19 bits per heavy atom. The van der Waals surface area contributed by atoms with Crippen LogP contribution < -0.4 is 5.32 Å². The summed E-state index contributed by atoms with van der Waals surface area (Å²) in [4.78, 5) is 11.4. The molecule has 3 nitrogen and oxygen atoms in total. The van der Waals surface area contributed by atoms with Gasteiger partial charge in [0.25, 0.3) is 0 Å². The molecule has 21 heavy (non-hydrogen) atoms. The van der Waals surface area contributed by atoms with E-state index in [4.69, 9.17) is 4.74 Å². The third kappa shape index (κ3) is 4.85. The number of esters is 1. The number of methoxy groups -OCH3 is 1. The summed E-state index contributed by atoms with van der Waals surface area (Å²) in [6.45, 7) is 3.16. The number of hydrogen-bond acceptors (Lipinski definition) is 3. The van der Waals surface area contributed by atoms with Gasteiger partial charge >= 0.3 is 5.97 Å². The summed E-state index contributed by atoms with van der Waals surface area (Å²) in [6.07, 6.45) is 8.27. The van der Waals surface area contributed by atoms with Crippen molar-refractivity contribution in [1.29, 1.82) is 0 Å². The minimum Gasteiger partial charge on any atom is -0.465 e. The number of nitrogens with one attached hydrogen (secondary N) is 1. The Morgan fingerprint density at radius 3 is 2.38 bits per heavy atom. The second-order valence-corrected chi connectivity index (χ2v) is 6.11. The largest absolute Gasteiger partial charge is 0.465 e. The van der Waals surface area contributed by atoms with Gasteiger partial charge in [-0.25, -0.2) is 4.79 Å². The van der Waals surface area contributed by atoms with Crippen molar-refractivity contribution in [2.45, 2.75) is 58.0 Å². The molecule has 3 heteroatoms. The number of ether oxygens (including phenoxy) is 1.